The van der Waals surface area contributed by atoms with Gasteiger partial charge in [-0.3, -0.25) is 14.4 Å². The zero-order valence-electron chi connectivity index (χ0n) is 8.08. The molecule has 1 heterocycles. The van der Waals surface area contributed by atoms with Crippen LogP contribution >= 0.6 is 0 Å². The Morgan fingerprint density at radius 3 is 2.12 bits per heavy atom. The van der Waals surface area contributed by atoms with Gasteiger partial charge in [-0.15, -0.1) is 10.2 Å². The van der Waals surface area contributed by atoms with Gasteiger partial charge in [0.25, 0.3) is 11.7 Å². The van der Waals surface area contributed by atoms with E-state index in [0.29, 0.717) is 0 Å². The molecule has 16 heavy (non-hydrogen) atoms. The summed E-state index contributed by atoms with van der Waals surface area (Å²) in [6.45, 7) is -0.896. The minimum Gasteiger partial charge on any atom is -0.368 e. The van der Waals surface area contributed by atoms with Gasteiger partial charge in [-0.25, -0.2) is 0 Å². The smallest absolute Gasteiger partial charge is 0.296 e. The second-order valence-corrected chi connectivity index (χ2v) is 2.83. The van der Waals surface area contributed by atoms with E-state index in [2.05, 4.69) is 20.6 Å². The third-order valence-electron chi connectivity index (χ3n) is 1.52. The quantitative estimate of drug-likeness (QED) is 0.475. The maximum absolute atomic E-state index is 11.6. The van der Waals surface area contributed by atoms with Crippen molar-refractivity contribution >= 4 is 17.7 Å². The summed E-state index contributed by atoms with van der Waals surface area (Å²) in [5.41, 5.74) is 9.82. The first kappa shape index (κ1) is 11.6. The minimum absolute atomic E-state index is 0.275. The second-order valence-electron chi connectivity index (χ2n) is 2.83. The maximum Gasteiger partial charge on any atom is 0.296 e. The summed E-state index contributed by atoms with van der Waals surface area (Å²) in [7, 11) is 0. The van der Waals surface area contributed by atoms with Gasteiger partial charge in [-0.1, -0.05) is 0 Å². The number of rotatable bonds is 5. The molecule has 3 amide bonds. The van der Waals surface area contributed by atoms with Crippen LogP contribution in [0.1, 0.15) is 10.6 Å². The van der Waals surface area contributed by atoms with Gasteiger partial charge in [0.1, 0.15) is 13.1 Å². The molecule has 10 heteroatoms. The molecule has 0 saturated carbocycles. The van der Waals surface area contributed by atoms with Crippen molar-refractivity contribution in [2.24, 2.45) is 11.5 Å². The number of nitrogens with one attached hydrogen (secondary N) is 1. The Hall–Kier alpha value is -2.52. The Morgan fingerprint density at radius 1 is 1.19 bits per heavy atom. The summed E-state index contributed by atoms with van der Waals surface area (Å²) >= 11 is 0. The number of nitrogens with two attached hydrogens (primary N) is 2. The summed E-state index contributed by atoms with van der Waals surface area (Å²) in [4.78, 5) is 33.8. The summed E-state index contributed by atoms with van der Waals surface area (Å²) in [6, 6.07) is 0. The molecule has 0 aliphatic heterocycles. The molecule has 1 aromatic heterocycles. The number of hydrogen-bond donors (Lipinski definition) is 3. The van der Waals surface area contributed by atoms with Crippen LogP contribution in [0.15, 0.2) is 0 Å². The maximum atomic E-state index is 11.6. The topological polar surface area (TPSA) is 161 Å². The molecule has 5 N–H and O–H groups in total. The first-order chi connectivity index (χ1) is 7.50. The summed E-state index contributed by atoms with van der Waals surface area (Å²) in [5.74, 6) is -2.59. The highest BCUT2D eigenvalue weighted by molar-refractivity contribution is 5.95. The Bertz CT molecular complexity index is 384. The van der Waals surface area contributed by atoms with E-state index >= 15 is 0 Å². The Kier molecular flexibility index (Phi) is 3.48. The lowest BCUT2D eigenvalue weighted by Crippen LogP contribution is -2.43. The van der Waals surface area contributed by atoms with E-state index in [-0.39, 0.29) is 5.82 Å². The zero-order valence-corrected chi connectivity index (χ0v) is 8.08. The Labute approximate surface area is 89.0 Å². The summed E-state index contributed by atoms with van der Waals surface area (Å²) < 4.78 is 0. The van der Waals surface area contributed by atoms with Gasteiger partial charge >= 0.3 is 0 Å². The molecular formula is C6H9N7O3. The standard InChI is InChI=1S/C6H9N7O3/c7-3(14)1-13(2-4(8)15)6(16)5-9-11-12-10-5/h1-2H2,(H2,7,14)(H2,8,15)(H,9,10,11,12). The molecule has 0 unspecified atom stereocenters. The molecule has 0 bridgehead atoms. The van der Waals surface area contributed by atoms with E-state index in [9.17, 15) is 14.4 Å². The average molecular weight is 227 g/mol. The molecule has 0 fully saturated rings. The van der Waals surface area contributed by atoms with Gasteiger partial charge in [0.05, 0.1) is 0 Å². The van der Waals surface area contributed by atoms with Gasteiger partial charge in [-0.05, 0) is 5.21 Å². The van der Waals surface area contributed by atoms with Gasteiger partial charge in [0, 0.05) is 0 Å². The van der Waals surface area contributed by atoms with Crippen LogP contribution < -0.4 is 11.5 Å². The average Bonchev–Trinajstić information content (AvgIpc) is 2.66. The molecule has 86 valence electrons. The number of primary amides is 2. The van der Waals surface area contributed by atoms with Crippen LogP contribution in [0.2, 0.25) is 0 Å². The second kappa shape index (κ2) is 4.82. The highest BCUT2D eigenvalue weighted by atomic mass is 16.2. The lowest BCUT2D eigenvalue weighted by molar-refractivity contribution is -0.121. The van der Waals surface area contributed by atoms with Crippen molar-refractivity contribution in [3.63, 3.8) is 0 Å². The van der Waals surface area contributed by atoms with Crippen molar-refractivity contribution in [1.82, 2.24) is 25.5 Å². The molecule has 0 radical (unpaired) electrons. The van der Waals surface area contributed by atoms with E-state index in [1.807, 2.05) is 0 Å². The van der Waals surface area contributed by atoms with Crippen molar-refractivity contribution in [3.05, 3.63) is 5.82 Å². The first-order valence-electron chi connectivity index (χ1n) is 4.10. The van der Waals surface area contributed by atoms with Gasteiger partial charge in [-0.2, -0.15) is 5.21 Å². The van der Waals surface area contributed by atoms with Gasteiger partial charge < -0.3 is 16.4 Å². The SMILES string of the molecule is NC(=O)CN(CC(N)=O)C(=O)c1nn[nH]n1. The molecule has 0 aromatic carbocycles. The van der Waals surface area contributed by atoms with Crippen molar-refractivity contribution in [1.29, 1.82) is 0 Å². The number of tetrazole rings is 1. The summed E-state index contributed by atoms with van der Waals surface area (Å²) in [6.07, 6.45) is 0. The Balaban J connectivity index is 2.79. The normalized spacial score (nSPS) is 9.75. The number of carbonyl (C=O) groups excluding carboxylic acids is 3. The van der Waals surface area contributed by atoms with E-state index in [4.69, 9.17) is 11.5 Å². The molecule has 10 nitrogen and oxygen atoms in total. The number of H-pyrrole nitrogens is 1. The molecule has 0 spiro atoms. The molecule has 0 atom stereocenters. The molecule has 1 aromatic rings. The molecular weight excluding hydrogens is 218 g/mol. The van der Waals surface area contributed by atoms with Crippen molar-refractivity contribution in [2.75, 3.05) is 13.1 Å². The number of aromatic amines is 1. The zero-order chi connectivity index (χ0) is 12.1. The fourth-order valence-electron chi connectivity index (χ4n) is 0.970. The van der Waals surface area contributed by atoms with Crippen LogP contribution in [0.25, 0.3) is 0 Å². The largest absolute Gasteiger partial charge is 0.368 e. The van der Waals surface area contributed by atoms with Gasteiger partial charge in [0.15, 0.2) is 0 Å². The minimum atomic E-state index is -0.780. The molecule has 0 saturated heterocycles. The van der Waals surface area contributed by atoms with Crippen molar-refractivity contribution < 1.29 is 14.4 Å². The number of nitrogens with zero attached hydrogens (tertiary/aromatic N) is 4. The highest BCUT2D eigenvalue weighted by Crippen LogP contribution is 1.96. The number of carbonyl (C=O) groups is 3. The van der Waals surface area contributed by atoms with E-state index < -0.39 is 30.8 Å². The lowest BCUT2D eigenvalue weighted by Gasteiger charge is -2.16. The van der Waals surface area contributed by atoms with Crippen LogP contribution in [0.5, 0.6) is 0 Å². The summed E-state index contributed by atoms with van der Waals surface area (Å²) in [5, 5.41) is 12.0. The Morgan fingerprint density at radius 2 is 1.75 bits per heavy atom. The van der Waals surface area contributed by atoms with Crippen LogP contribution in [0, 0.1) is 0 Å². The van der Waals surface area contributed by atoms with Crippen LogP contribution in [0.4, 0.5) is 0 Å². The predicted octanol–water partition coefficient (Wildman–Crippen LogP) is -3.39. The molecule has 0 aliphatic rings. The third kappa shape index (κ3) is 3.01. The third-order valence-corrected chi connectivity index (χ3v) is 1.52. The van der Waals surface area contributed by atoms with E-state index in [1.54, 1.807) is 0 Å². The van der Waals surface area contributed by atoms with E-state index in [1.165, 1.54) is 0 Å². The fourth-order valence-corrected chi connectivity index (χ4v) is 0.970. The van der Waals surface area contributed by atoms with Crippen molar-refractivity contribution in [3.8, 4) is 0 Å². The number of aromatic nitrogens is 4. The lowest BCUT2D eigenvalue weighted by atomic mass is 10.4. The van der Waals surface area contributed by atoms with Gasteiger partial charge in [0.2, 0.25) is 11.8 Å². The monoisotopic (exact) mass is 227 g/mol. The van der Waals surface area contributed by atoms with Crippen molar-refractivity contribution in [2.45, 2.75) is 0 Å². The first-order valence-corrected chi connectivity index (χ1v) is 4.10. The molecule has 0 aliphatic carbocycles. The number of hydrogen-bond acceptors (Lipinski definition) is 6. The van der Waals surface area contributed by atoms with Crippen LogP contribution in [-0.2, 0) is 9.59 Å². The number of amides is 3. The fraction of sp³-hybridized carbons (Fsp3) is 0.333. The van der Waals surface area contributed by atoms with Crippen LogP contribution in [0.3, 0.4) is 0 Å². The highest BCUT2D eigenvalue weighted by Gasteiger charge is 2.22. The molecule has 1 rings (SSSR count). The van der Waals surface area contributed by atoms with Crippen LogP contribution in [-0.4, -0.2) is 56.3 Å². The predicted molar refractivity (Wildman–Crippen MR) is 48.5 cm³/mol. The van der Waals surface area contributed by atoms with E-state index in [0.717, 1.165) is 4.90 Å².